The Balaban J connectivity index is 2.59. The summed E-state index contributed by atoms with van der Waals surface area (Å²) in [5, 5.41) is 0.569. The Morgan fingerprint density at radius 2 is 1.80 bits per heavy atom. The fourth-order valence-corrected chi connectivity index (χ4v) is 2.27. The molecule has 2 N–H and O–H groups in total. The van der Waals surface area contributed by atoms with E-state index in [4.69, 9.17) is 5.73 Å². The predicted octanol–water partition coefficient (Wildman–Crippen LogP) is 2.85. The Bertz CT molecular complexity index is 272. The molecule has 2 nitrogen and oxygen atoms in total. The summed E-state index contributed by atoms with van der Waals surface area (Å²) < 4.78 is 2.22. The highest BCUT2D eigenvalue weighted by Gasteiger charge is 2.12. The van der Waals surface area contributed by atoms with Crippen LogP contribution in [0, 0.1) is 0 Å². The van der Waals surface area contributed by atoms with Crippen LogP contribution < -0.4 is 5.73 Å². The smallest absolute Gasteiger partial charge is 0.0646 e. The van der Waals surface area contributed by atoms with Gasteiger partial charge in [-0.25, -0.2) is 4.31 Å². The van der Waals surface area contributed by atoms with Gasteiger partial charge in [0.1, 0.15) is 0 Å². The predicted molar refractivity (Wildman–Crippen MR) is 68.4 cm³/mol. The van der Waals surface area contributed by atoms with Crippen molar-refractivity contribution in [1.82, 2.24) is 4.31 Å². The van der Waals surface area contributed by atoms with E-state index < -0.39 is 0 Å². The number of hydrogen-bond acceptors (Lipinski definition) is 3. The van der Waals surface area contributed by atoms with Crippen molar-refractivity contribution in [3.05, 3.63) is 35.9 Å². The molecule has 0 bridgehead atoms. The first-order chi connectivity index (χ1) is 7.09. The standard InChI is InChI=1S/C12H20N2S/c1-10(2)15-14(11(3)13)9-12-7-5-4-6-8-12/h4-8,10-11H,9,13H2,1-3H3. The number of rotatable bonds is 5. The van der Waals surface area contributed by atoms with Crippen LogP contribution in [0.4, 0.5) is 0 Å². The van der Waals surface area contributed by atoms with E-state index in [-0.39, 0.29) is 6.17 Å². The van der Waals surface area contributed by atoms with Gasteiger partial charge in [0, 0.05) is 11.8 Å². The molecule has 3 heteroatoms. The lowest BCUT2D eigenvalue weighted by Crippen LogP contribution is -2.35. The van der Waals surface area contributed by atoms with E-state index in [1.807, 2.05) is 24.9 Å². The Labute approximate surface area is 97.0 Å². The minimum atomic E-state index is 0.0811. The number of benzene rings is 1. The van der Waals surface area contributed by atoms with Crippen LogP contribution >= 0.6 is 11.9 Å². The van der Waals surface area contributed by atoms with E-state index >= 15 is 0 Å². The van der Waals surface area contributed by atoms with Crippen LogP contribution in [0.2, 0.25) is 0 Å². The molecular formula is C12H20N2S. The highest BCUT2D eigenvalue weighted by atomic mass is 32.2. The second-order valence-corrected chi connectivity index (χ2v) is 5.58. The van der Waals surface area contributed by atoms with Crippen LogP contribution in [0.25, 0.3) is 0 Å². The van der Waals surface area contributed by atoms with Crippen LogP contribution in [-0.2, 0) is 6.54 Å². The van der Waals surface area contributed by atoms with Crippen LogP contribution in [0.1, 0.15) is 26.3 Å². The first-order valence-electron chi connectivity index (χ1n) is 5.32. The molecule has 1 unspecified atom stereocenters. The van der Waals surface area contributed by atoms with Gasteiger partial charge in [-0.1, -0.05) is 56.1 Å². The summed E-state index contributed by atoms with van der Waals surface area (Å²) in [6.45, 7) is 7.30. The zero-order valence-corrected chi connectivity index (χ0v) is 10.5. The molecule has 15 heavy (non-hydrogen) atoms. The average Bonchev–Trinajstić information content (AvgIpc) is 2.17. The monoisotopic (exact) mass is 224 g/mol. The summed E-state index contributed by atoms with van der Waals surface area (Å²) in [5.74, 6) is 0. The van der Waals surface area contributed by atoms with Crippen molar-refractivity contribution in [2.45, 2.75) is 38.7 Å². The van der Waals surface area contributed by atoms with E-state index in [1.165, 1.54) is 5.56 Å². The van der Waals surface area contributed by atoms with Crippen molar-refractivity contribution in [3.63, 3.8) is 0 Å². The van der Waals surface area contributed by atoms with Gasteiger partial charge >= 0.3 is 0 Å². The zero-order chi connectivity index (χ0) is 11.3. The third kappa shape index (κ3) is 4.69. The summed E-state index contributed by atoms with van der Waals surface area (Å²) in [5.41, 5.74) is 7.25. The first kappa shape index (κ1) is 12.6. The van der Waals surface area contributed by atoms with Gasteiger partial charge in [-0.15, -0.1) is 0 Å². The molecule has 0 saturated heterocycles. The van der Waals surface area contributed by atoms with Gasteiger partial charge in [0.05, 0.1) is 6.17 Å². The molecule has 1 aromatic rings. The Morgan fingerprint density at radius 3 is 2.27 bits per heavy atom. The third-order valence-corrected chi connectivity index (χ3v) is 3.14. The van der Waals surface area contributed by atoms with Crippen molar-refractivity contribution in [3.8, 4) is 0 Å². The Hall–Kier alpha value is -0.510. The molecule has 0 aliphatic carbocycles. The molecule has 0 radical (unpaired) electrons. The molecule has 0 aliphatic heterocycles. The fraction of sp³-hybridized carbons (Fsp3) is 0.500. The van der Waals surface area contributed by atoms with Crippen molar-refractivity contribution in [1.29, 1.82) is 0 Å². The molecule has 84 valence electrons. The van der Waals surface area contributed by atoms with Gasteiger partial charge in [-0.2, -0.15) is 0 Å². The number of nitrogens with zero attached hydrogens (tertiary/aromatic N) is 1. The molecular weight excluding hydrogens is 204 g/mol. The maximum Gasteiger partial charge on any atom is 0.0646 e. The van der Waals surface area contributed by atoms with Gasteiger partial charge in [-0.05, 0) is 12.5 Å². The van der Waals surface area contributed by atoms with Crippen molar-refractivity contribution < 1.29 is 0 Å². The molecule has 0 aliphatic rings. The summed E-state index contributed by atoms with van der Waals surface area (Å²) in [6, 6.07) is 10.4. The third-order valence-electron chi connectivity index (χ3n) is 1.98. The van der Waals surface area contributed by atoms with Gasteiger partial charge in [0.2, 0.25) is 0 Å². The molecule has 0 heterocycles. The van der Waals surface area contributed by atoms with Crippen LogP contribution in [0.3, 0.4) is 0 Å². The lowest BCUT2D eigenvalue weighted by atomic mass is 10.2. The molecule has 0 fully saturated rings. The minimum absolute atomic E-state index is 0.0811. The minimum Gasteiger partial charge on any atom is -0.315 e. The SMILES string of the molecule is CC(C)SN(Cc1ccccc1)C(C)N. The normalized spacial score (nSPS) is 13.5. The molecule has 0 spiro atoms. The van der Waals surface area contributed by atoms with Gasteiger partial charge in [-0.3, -0.25) is 0 Å². The number of hydrogen-bond donors (Lipinski definition) is 1. The Morgan fingerprint density at radius 1 is 1.20 bits per heavy atom. The van der Waals surface area contributed by atoms with E-state index in [0.717, 1.165) is 6.54 Å². The van der Waals surface area contributed by atoms with Gasteiger partial charge < -0.3 is 5.73 Å². The lowest BCUT2D eigenvalue weighted by Gasteiger charge is -2.26. The highest BCUT2D eigenvalue weighted by molar-refractivity contribution is 7.97. The van der Waals surface area contributed by atoms with E-state index in [0.29, 0.717) is 5.25 Å². The van der Waals surface area contributed by atoms with E-state index in [1.54, 1.807) is 0 Å². The van der Waals surface area contributed by atoms with E-state index in [2.05, 4.69) is 42.4 Å². The van der Waals surface area contributed by atoms with Crippen LogP contribution in [0.5, 0.6) is 0 Å². The maximum absolute atomic E-state index is 5.94. The van der Waals surface area contributed by atoms with Gasteiger partial charge in [0.15, 0.2) is 0 Å². The van der Waals surface area contributed by atoms with E-state index in [9.17, 15) is 0 Å². The quantitative estimate of drug-likeness (QED) is 0.616. The molecule has 1 rings (SSSR count). The summed E-state index contributed by atoms with van der Waals surface area (Å²) >= 11 is 1.81. The number of nitrogens with two attached hydrogens (primary N) is 1. The molecule has 1 atom stereocenters. The lowest BCUT2D eigenvalue weighted by molar-refractivity contribution is 0.374. The zero-order valence-electron chi connectivity index (χ0n) is 9.68. The van der Waals surface area contributed by atoms with Crippen molar-refractivity contribution in [2.24, 2.45) is 5.73 Å². The topological polar surface area (TPSA) is 29.3 Å². The van der Waals surface area contributed by atoms with Crippen LogP contribution in [-0.4, -0.2) is 15.7 Å². The second kappa shape index (κ2) is 6.16. The summed E-state index contributed by atoms with van der Waals surface area (Å²) in [7, 11) is 0. The van der Waals surface area contributed by atoms with Crippen molar-refractivity contribution in [2.75, 3.05) is 0 Å². The largest absolute Gasteiger partial charge is 0.315 e. The highest BCUT2D eigenvalue weighted by Crippen LogP contribution is 2.20. The summed E-state index contributed by atoms with van der Waals surface area (Å²) in [4.78, 5) is 0. The van der Waals surface area contributed by atoms with Gasteiger partial charge in [0.25, 0.3) is 0 Å². The average molecular weight is 224 g/mol. The molecule has 0 amide bonds. The molecule has 1 aromatic carbocycles. The van der Waals surface area contributed by atoms with Crippen molar-refractivity contribution >= 4 is 11.9 Å². The second-order valence-electron chi connectivity index (χ2n) is 3.96. The Kier molecular flexibility index (Phi) is 5.15. The fourth-order valence-electron chi connectivity index (χ4n) is 1.31. The molecule has 0 saturated carbocycles. The van der Waals surface area contributed by atoms with Crippen LogP contribution in [0.15, 0.2) is 30.3 Å². The maximum atomic E-state index is 5.94. The summed E-state index contributed by atoms with van der Waals surface area (Å²) in [6.07, 6.45) is 0.0811. The first-order valence-corrected chi connectivity index (χ1v) is 6.16. The molecule has 0 aromatic heterocycles.